The molecular weight excluding hydrogens is 212 g/mol. The average Bonchev–Trinajstić information content (AvgIpc) is 2.45. The minimum Gasteiger partial charge on any atom is -0.267 e. The normalized spacial score (nSPS) is 13.1. The molecule has 0 saturated carbocycles. The fraction of sp³-hybridized carbons (Fsp3) is 0.700. The molecule has 5 heteroatoms. The third-order valence-electron chi connectivity index (χ3n) is 2.06. The van der Waals surface area contributed by atoms with E-state index in [1.54, 1.807) is 0 Å². The first-order valence-corrected chi connectivity index (χ1v) is 6.97. The molecule has 0 spiro atoms. The molecule has 1 aromatic rings. The van der Waals surface area contributed by atoms with Gasteiger partial charge in [0.15, 0.2) is 0 Å². The number of sulfone groups is 1. The zero-order valence-electron chi connectivity index (χ0n) is 9.69. The summed E-state index contributed by atoms with van der Waals surface area (Å²) in [5.41, 5.74) is 0.777. The van der Waals surface area contributed by atoms with E-state index < -0.39 is 9.84 Å². The van der Waals surface area contributed by atoms with Crippen LogP contribution in [0.3, 0.4) is 0 Å². The molecule has 4 nitrogen and oxygen atoms in total. The van der Waals surface area contributed by atoms with E-state index in [1.165, 1.54) is 6.26 Å². The third kappa shape index (κ3) is 4.03. The van der Waals surface area contributed by atoms with Gasteiger partial charge in [0, 0.05) is 18.9 Å². The van der Waals surface area contributed by atoms with Crippen molar-refractivity contribution in [3.05, 3.63) is 18.0 Å². The minimum absolute atomic E-state index is 0.0522. The lowest BCUT2D eigenvalue weighted by Crippen LogP contribution is -2.22. The second-order valence-electron chi connectivity index (χ2n) is 4.80. The number of hydrogen-bond acceptors (Lipinski definition) is 3. The molecular formula is C10H18N2O2S. The first kappa shape index (κ1) is 12.2. The zero-order chi connectivity index (χ0) is 11.7. The number of aromatic nitrogens is 2. The van der Waals surface area contributed by atoms with Gasteiger partial charge in [0.2, 0.25) is 0 Å². The Balaban J connectivity index is 2.70. The molecule has 0 aliphatic carbocycles. The molecule has 0 aromatic carbocycles. The van der Waals surface area contributed by atoms with Gasteiger partial charge < -0.3 is 0 Å². The van der Waals surface area contributed by atoms with Crippen molar-refractivity contribution in [1.82, 2.24) is 9.78 Å². The Bertz CT molecular complexity index is 427. The van der Waals surface area contributed by atoms with Crippen molar-refractivity contribution in [2.75, 3.05) is 12.0 Å². The number of aryl methyl sites for hydroxylation is 1. The van der Waals surface area contributed by atoms with Crippen molar-refractivity contribution in [3.8, 4) is 0 Å². The van der Waals surface area contributed by atoms with E-state index in [1.807, 2.05) is 16.9 Å². The number of nitrogens with zero attached hydrogens (tertiary/aromatic N) is 2. The van der Waals surface area contributed by atoms with E-state index in [0.717, 1.165) is 5.69 Å². The van der Waals surface area contributed by atoms with Crippen molar-refractivity contribution in [1.29, 1.82) is 0 Å². The van der Waals surface area contributed by atoms with Gasteiger partial charge in [-0.1, -0.05) is 0 Å². The largest absolute Gasteiger partial charge is 0.267 e. The third-order valence-corrected chi connectivity index (χ3v) is 3.01. The lowest BCUT2D eigenvalue weighted by molar-refractivity contribution is 0.353. The number of rotatable bonds is 3. The maximum absolute atomic E-state index is 11.0. The molecule has 0 bridgehead atoms. The molecule has 0 aliphatic heterocycles. The van der Waals surface area contributed by atoms with Gasteiger partial charge in [0.05, 0.1) is 17.0 Å². The van der Waals surface area contributed by atoms with Crippen LogP contribution < -0.4 is 0 Å². The van der Waals surface area contributed by atoms with E-state index in [2.05, 4.69) is 25.9 Å². The highest BCUT2D eigenvalue weighted by atomic mass is 32.2. The summed E-state index contributed by atoms with van der Waals surface area (Å²) in [4.78, 5) is 0. The van der Waals surface area contributed by atoms with Crippen molar-refractivity contribution in [2.45, 2.75) is 32.7 Å². The smallest absolute Gasteiger partial charge is 0.147 e. The van der Waals surface area contributed by atoms with E-state index in [9.17, 15) is 8.42 Å². The van der Waals surface area contributed by atoms with Crippen LogP contribution in [0.1, 0.15) is 26.5 Å². The Morgan fingerprint density at radius 1 is 1.40 bits per heavy atom. The van der Waals surface area contributed by atoms with Crippen molar-refractivity contribution >= 4 is 9.84 Å². The van der Waals surface area contributed by atoms with Crippen LogP contribution in [0.4, 0.5) is 0 Å². The van der Waals surface area contributed by atoms with Crippen LogP contribution in [0, 0.1) is 0 Å². The van der Waals surface area contributed by atoms with E-state index in [-0.39, 0.29) is 11.3 Å². The predicted molar refractivity (Wildman–Crippen MR) is 60.6 cm³/mol. The number of hydrogen-bond donors (Lipinski definition) is 0. The maximum Gasteiger partial charge on any atom is 0.147 e. The Morgan fingerprint density at radius 2 is 2.00 bits per heavy atom. The quantitative estimate of drug-likeness (QED) is 0.784. The molecule has 0 amide bonds. The molecule has 0 unspecified atom stereocenters. The summed E-state index contributed by atoms with van der Waals surface area (Å²) in [5, 5.41) is 4.34. The molecule has 86 valence electrons. The second-order valence-corrected chi connectivity index (χ2v) is 7.06. The summed E-state index contributed by atoms with van der Waals surface area (Å²) in [6, 6.07) is 1.87. The van der Waals surface area contributed by atoms with Gasteiger partial charge in [-0.2, -0.15) is 5.10 Å². The molecule has 0 atom stereocenters. The molecule has 1 rings (SSSR count). The molecule has 0 N–H and O–H groups in total. The first-order valence-electron chi connectivity index (χ1n) is 4.91. The lowest BCUT2D eigenvalue weighted by atomic mass is 10.1. The minimum atomic E-state index is -2.90. The first-order chi connectivity index (χ1) is 6.68. The Morgan fingerprint density at radius 3 is 2.40 bits per heavy atom. The highest BCUT2D eigenvalue weighted by Gasteiger charge is 2.14. The van der Waals surface area contributed by atoms with Gasteiger partial charge in [-0.15, -0.1) is 0 Å². The standard InChI is InChI=1S/C10H18N2O2S/c1-10(2,3)12-7-5-9(11-12)6-8-15(4,13)14/h5,7H,6,8H2,1-4H3. The lowest BCUT2D eigenvalue weighted by Gasteiger charge is -2.18. The van der Waals surface area contributed by atoms with Gasteiger partial charge in [-0.3, -0.25) is 4.68 Å². The molecule has 0 fully saturated rings. The van der Waals surface area contributed by atoms with Gasteiger partial charge >= 0.3 is 0 Å². The van der Waals surface area contributed by atoms with Crippen LogP contribution in [0.15, 0.2) is 12.3 Å². The van der Waals surface area contributed by atoms with Crippen LogP contribution in [0.2, 0.25) is 0 Å². The fourth-order valence-electron chi connectivity index (χ4n) is 1.16. The summed E-state index contributed by atoms with van der Waals surface area (Å²) in [7, 11) is -2.90. The second kappa shape index (κ2) is 3.96. The molecule has 0 radical (unpaired) electrons. The summed E-state index contributed by atoms with van der Waals surface area (Å²) in [5.74, 6) is 0.161. The summed E-state index contributed by atoms with van der Waals surface area (Å²) in [6.07, 6.45) is 3.62. The predicted octanol–water partition coefficient (Wildman–Crippen LogP) is 1.23. The monoisotopic (exact) mass is 230 g/mol. The van der Waals surface area contributed by atoms with E-state index in [4.69, 9.17) is 0 Å². The van der Waals surface area contributed by atoms with E-state index >= 15 is 0 Å². The highest BCUT2D eigenvalue weighted by Crippen LogP contribution is 2.12. The van der Waals surface area contributed by atoms with Crippen molar-refractivity contribution in [2.24, 2.45) is 0 Å². The van der Waals surface area contributed by atoms with E-state index in [0.29, 0.717) is 6.42 Å². The fourth-order valence-corrected chi connectivity index (χ4v) is 1.74. The van der Waals surface area contributed by atoms with Crippen LogP contribution in [-0.4, -0.2) is 30.2 Å². The molecule has 1 heterocycles. The highest BCUT2D eigenvalue weighted by molar-refractivity contribution is 7.90. The van der Waals surface area contributed by atoms with Gasteiger partial charge in [0.1, 0.15) is 9.84 Å². The van der Waals surface area contributed by atoms with Gasteiger partial charge in [-0.25, -0.2) is 8.42 Å². The van der Waals surface area contributed by atoms with Crippen LogP contribution in [0.5, 0.6) is 0 Å². The Labute approximate surface area is 91.2 Å². The van der Waals surface area contributed by atoms with Crippen LogP contribution >= 0.6 is 0 Å². The zero-order valence-corrected chi connectivity index (χ0v) is 10.5. The van der Waals surface area contributed by atoms with Crippen molar-refractivity contribution < 1.29 is 8.42 Å². The molecule has 1 aromatic heterocycles. The summed E-state index contributed by atoms with van der Waals surface area (Å²) >= 11 is 0. The molecule has 0 aliphatic rings. The average molecular weight is 230 g/mol. The van der Waals surface area contributed by atoms with Crippen LogP contribution in [-0.2, 0) is 21.8 Å². The summed E-state index contributed by atoms with van der Waals surface area (Å²) in [6.45, 7) is 6.17. The van der Waals surface area contributed by atoms with Gasteiger partial charge in [-0.05, 0) is 26.8 Å². The molecule has 15 heavy (non-hydrogen) atoms. The van der Waals surface area contributed by atoms with Crippen molar-refractivity contribution in [3.63, 3.8) is 0 Å². The van der Waals surface area contributed by atoms with Gasteiger partial charge in [0.25, 0.3) is 0 Å². The summed E-state index contributed by atoms with van der Waals surface area (Å²) < 4.78 is 23.8. The van der Waals surface area contributed by atoms with Crippen LogP contribution in [0.25, 0.3) is 0 Å². The Hall–Kier alpha value is -0.840. The maximum atomic E-state index is 11.0. The molecule has 0 saturated heterocycles. The Kier molecular flexibility index (Phi) is 3.23. The SMILES string of the molecule is CC(C)(C)n1ccc(CCS(C)(=O)=O)n1. The topological polar surface area (TPSA) is 52.0 Å².